The fourth-order valence-electron chi connectivity index (χ4n) is 2.25. The van der Waals surface area contributed by atoms with E-state index in [9.17, 15) is 9.00 Å². The van der Waals surface area contributed by atoms with E-state index in [2.05, 4.69) is 5.32 Å². The van der Waals surface area contributed by atoms with Gasteiger partial charge in [-0.3, -0.25) is 9.00 Å². The molecule has 0 aromatic heterocycles. The summed E-state index contributed by atoms with van der Waals surface area (Å²) in [4.78, 5) is 12.1. The second-order valence-corrected chi connectivity index (χ2v) is 6.23. The zero-order chi connectivity index (χ0) is 12.8. The first-order chi connectivity index (χ1) is 8.75. The number of rotatable bonds is 5. The minimum atomic E-state index is -0.909. The quantitative estimate of drug-likeness (QED) is 0.887. The third kappa shape index (κ3) is 3.95. The minimum Gasteiger partial charge on any atom is -0.353 e. The summed E-state index contributed by atoms with van der Waals surface area (Å²) in [6.07, 6.45) is 4.53. The SMILES string of the molecule is O=C1CCCC(CCCS(=O)c2ccccc2)N1. The topological polar surface area (TPSA) is 46.2 Å². The van der Waals surface area contributed by atoms with Gasteiger partial charge in [-0.15, -0.1) is 0 Å². The molecule has 1 aromatic carbocycles. The molecule has 98 valence electrons. The zero-order valence-corrected chi connectivity index (χ0v) is 11.2. The van der Waals surface area contributed by atoms with Crippen molar-refractivity contribution in [2.75, 3.05) is 5.75 Å². The Morgan fingerprint density at radius 2 is 2.06 bits per heavy atom. The highest BCUT2D eigenvalue weighted by Crippen LogP contribution is 2.14. The van der Waals surface area contributed by atoms with Crippen LogP contribution in [0, 0.1) is 0 Å². The molecule has 1 saturated heterocycles. The van der Waals surface area contributed by atoms with Gasteiger partial charge in [0.1, 0.15) is 0 Å². The predicted octanol–water partition coefficient (Wildman–Crippen LogP) is 2.24. The van der Waals surface area contributed by atoms with Gasteiger partial charge in [0.25, 0.3) is 0 Å². The molecule has 2 unspecified atom stereocenters. The highest BCUT2D eigenvalue weighted by atomic mass is 32.2. The number of hydrogen-bond acceptors (Lipinski definition) is 2. The van der Waals surface area contributed by atoms with Gasteiger partial charge in [0.2, 0.25) is 5.91 Å². The van der Waals surface area contributed by atoms with Gasteiger partial charge in [0, 0.05) is 23.1 Å². The molecular formula is C14H19NO2S. The monoisotopic (exact) mass is 265 g/mol. The third-order valence-electron chi connectivity index (χ3n) is 3.21. The average molecular weight is 265 g/mol. The maximum atomic E-state index is 12.0. The lowest BCUT2D eigenvalue weighted by atomic mass is 10.0. The smallest absolute Gasteiger partial charge is 0.220 e. The summed E-state index contributed by atoms with van der Waals surface area (Å²) >= 11 is 0. The number of carbonyl (C=O) groups is 1. The van der Waals surface area contributed by atoms with Gasteiger partial charge >= 0.3 is 0 Å². The molecule has 0 aliphatic carbocycles. The summed E-state index contributed by atoms with van der Waals surface area (Å²) in [5.41, 5.74) is 0. The van der Waals surface area contributed by atoms with Crippen molar-refractivity contribution < 1.29 is 9.00 Å². The van der Waals surface area contributed by atoms with Gasteiger partial charge < -0.3 is 5.32 Å². The van der Waals surface area contributed by atoms with Crippen LogP contribution in [-0.2, 0) is 15.6 Å². The van der Waals surface area contributed by atoms with Crippen LogP contribution in [0.5, 0.6) is 0 Å². The summed E-state index contributed by atoms with van der Waals surface area (Å²) < 4.78 is 12.0. The van der Waals surface area contributed by atoms with E-state index in [4.69, 9.17) is 0 Å². The normalized spacial score (nSPS) is 21.3. The van der Waals surface area contributed by atoms with E-state index in [1.807, 2.05) is 30.3 Å². The standard InChI is InChI=1S/C14H19NO2S/c16-14-10-4-6-12(15-14)7-5-11-18(17)13-8-2-1-3-9-13/h1-3,8-9,12H,4-7,10-11H2,(H,15,16). The highest BCUT2D eigenvalue weighted by molar-refractivity contribution is 7.85. The number of hydrogen-bond donors (Lipinski definition) is 1. The van der Waals surface area contributed by atoms with Crippen LogP contribution in [0.4, 0.5) is 0 Å². The minimum absolute atomic E-state index is 0.162. The summed E-state index contributed by atoms with van der Waals surface area (Å²) in [6.45, 7) is 0. The number of nitrogens with one attached hydrogen (secondary N) is 1. The molecular weight excluding hydrogens is 246 g/mol. The Labute approximate surface area is 110 Å². The van der Waals surface area contributed by atoms with E-state index in [0.29, 0.717) is 18.2 Å². The lowest BCUT2D eigenvalue weighted by molar-refractivity contribution is -0.123. The maximum Gasteiger partial charge on any atom is 0.220 e. The van der Waals surface area contributed by atoms with Crippen LogP contribution in [0.3, 0.4) is 0 Å². The zero-order valence-electron chi connectivity index (χ0n) is 10.4. The third-order valence-corrected chi connectivity index (χ3v) is 4.67. The Bertz CT molecular complexity index is 419. The molecule has 0 radical (unpaired) electrons. The molecule has 1 aliphatic rings. The van der Waals surface area contributed by atoms with Crippen LogP contribution < -0.4 is 5.32 Å². The summed E-state index contributed by atoms with van der Waals surface area (Å²) in [5, 5.41) is 2.99. The Morgan fingerprint density at radius 1 is 1.28 bits per heavy atom. The van der Waals surface area contributed by atoms with Gasteiger partial charge in [-0.2, -0.15) is 0 Å². The van der Waals surface area contributed by atoms with Crippen LogP contribution in [0.2, 0.25) is 0 Å². The molecule has 2 rings (SSSR count). The van der Waals surface area contributed by atoms with Crippen LogP contribution in [-0.4, -0.2) is 21.9 Å². The molecule has 0 bridgehead atoms. The molecule has 4 heteroatoms. The van der Waals surface area contributed by atoms with E-state index < -0.39 is 10.8 Å². The molecule has 1 aliphatic heterocycles. The molecule has 0 spiro atoms. The van der Waals surface area contributed by atoms with Gasteiger partial charge in [-0.1, -0.05) is 18.2 Å². The molecule has 1 N–H and O–H groups in total. The van der Waals surface area contributed by atoms with Crippen molar-refractivity contribution in [3.05, 3.63) is 30.3 Å². The molecule has 0 saturated carbocycles. The Hall–Kier alpha value is -1.16. The van der Waals surface area contributed by atoms with Crippen molar-refractivity contribution in [1.82, 2.24) is 5.32 Å². The Kier molecular flexibility index (Phi) is 4.93. The van der Waals surface area contributed by atoms with Crippen LogP contribution in [0.1, 0.15) is 32.1 Å². The average Bonchev–Trinajstić information content (AvgIpc) is 2.40. The van der Waals surface area contributed by atoms with Crippen LogP contribution >= 0.6 is 0 Å². The molecule has 1 heterocycles. The molecule has 1 fully saturated rings. The molecule has 1 amide bonds. The highest BCUT2D eigenvalue weighted by Gasteiger charge is 2.17. The van der Waals surface area contributed by atoms with Crippen molar-refractivity contribution in [2.45, 2.75) is 43.0 Å². The van der Waals surface area contributed by atoms with Gasteiger partial charge in [0.15, 0.2) is 0 Å². The van der Waals surface area contributed by atoms with E-state index in [-0.39, 0.29) is 5.91 Å². The molecule has 2 atom stereocenters. The van der Waals surface area contributed by atoms with Gasteiger partial charge in [0.05, 0.1) is 10.8 Å². The van der Waals surface area contributed by atoms with Gasteiger partial charge in [-0.25, -0.2) is 0 Å². The lowest BCUT2D eigenvalue weighted by Crippen LogP contribution is -2.38. The predicted molar refractivity (Wildman–Crippen MR) is 72.7 cm³/mol. The lowest BCUT2D eigenvalue weighted by Gasteiger charge is -2.22. The fourth-order valence-corrected chi connectivity index (χ4v) is 3.37. The first kappa shape index (κ1) is 13.3. The van der Waals surface area contributed by atoms with E-state index in [1.54, 1.807) is 0 Å². The first-order valence-electron chi connectivity index (χ1n) is 6.48. The van der Waals surface area contributed by atoms with Crippen molar-refractivity contribution >= 4 is 16.7 Å². The van der Waals surface area contributed by atoms with E-state index in [1.165, 1.54) is 0 Å². The molecule has 18 heavy (non-hydrogen) atoms. The first-order valence-corrected chi connectivity index (χ1v) is 7.80. The maximum absolute atomic E-state index is 12.0. The Balaban J connectivity index is 1.72. The molecule has 3 nitrogen and oxygen atoms in total. The second-order valence-electron chi connectivity index (χ2n) is 4.66. The molecule has 1 aromatic rings. The van der Waals surface area contributed by atoms with Crippen molar-refractivity contribution in [1.29, 1.82) is 0 Å². The number of amides is 1. The van der Waals surface area contributed by atoms with Crippen molar-refractivity contribution in [2.24, 2.45) is 0 Å². The summed E-state index contributed by atoms with van der Waals surface area (Å²) in [6, 6.07) is 9.84. The van der Waals surface area contributed by atoms with Crippen LogP contribution in [0.15, 0.2) is 35.2 Å². The number of piperidine rings is 1. The summed E-state index contributed by atoms with van der Waals surface area (Å²) in [5.74, 6) is 0.839. The van der Waals surface area contributed by atoms with Crippen LogP contribution in [0.25, 0.3) is 0 Å². The number of carbonyl (C=O) groups excluding carboxylic acids is 1. The van der Waals surface area contributed by atoms with Gasteiger partial charge in [-0.05, 0) is 37.8 Å². The summed E-state index contributed by atoms with van der Waals surface area (Å²) in [7, 11) is -0.909. The van der Waals surface area contributed by atoms with E-state index >= 15 is 0 Å². The fraction of sp³-hybridized carbons (Fsp3) is 0.500. The van der Waals surface area contributed by atoms with Crippen molar-refractivity contribution in [3.63, 3.8) is 0 Å². The van der Waals surface area contributed by atoms with Crippen molar-refractivity contribution in [3.8, 4) is 0 Å². The Morgan fingerprint density at radius 3 is 2.78 bits per heavy atom. The second kappa shape index (κ2) is 6.69. The largest absolute Gasteiger partial charge is 0.353 e. The van der Waals surface area contributed by atoms with E-state index in [0.717, 1.165) is 30.6 Å². The number of benzene rings is 1.